The molecule has 18 heavy (non-hydrogen) atoms. The number of halogens is 1. The summed E-state index contributed by atoms with van der Waals surface area (Å²) in [6.45, 7) is 2.65. The Morgan fingerprint density at radius 3 is 2.83 bits per heavy atom. The molecule has 0 radical (unpaired) electrons. The minimum Gasteiger partial charge on any atom is -0.395 e. The predicted octanol–water partition coefficient (Wildman–Crippen LogP) is 1.90. The van der Waals surface area contributed by atoms with Crippen LogP contribution in [0.25, 0.3) is 0 Å². The predicted molar refractivity (Wildman–Crippen MR) is 71.8 cm³/mol. The second kappa shape index (κ2) is 7.37. The number of aliphatic hydroxyl groups is 1. The lowest BCUT2D eigenvalue weighted by Crippen LogP contribution is -2.37. The molecule has 0 aliphatic carbocycles. The van der Waals surface area contributed by atoms with Crippen molar-refractivity contribution in [1.82, 2.24) is 5.32 Å². The Morgan fingerprint density at radius 2 is 2.28 bits per heavy atom. The quantitative estimate of drug-likeness (QED) is 0.827. The molecule has 0 fully saturated rings. The fourth-order valence-electron chi connectivity index (χ4n) is 1.62. The van der Waals surface area contributed by atoms with Crippen LogP contribution in [0.3, 0.4) is 0 Å². The average molecular weight is 268 g/mol. The smallest absolute Gasteiger partial charge is 0.140 e. The maximum absolute atomic E-state index is 13.1. The first kappa shape index (κ1) is 15.0. The Bertz CT molecular complexity index is 429. The van der Waals surface area contributed by atoms with Gasteiger partial charge in [-0.1, -0.05) is 6.07 Å². The van der Waals surface area contributed by atoms with Gasteiger partial charge < -0.3 is 10.4 Å². The second-order valence-electron chi connectivity index (χ2n) is 4.05. The van der Waals surface area contributed by atoms with Crippen LogP contribution in [-0.4, -0.2) is 29.3 Å². The van der Waals surface area contributed by atoms with Crippen molar-refractivity contribution in [2.45, 2.75) is 24.8 Å². The third-order valence-electron chi connectivity index (χ3n) is 2.82. The van der Waals surface area contributed by atoms with E-state index in [0.717, 1.165) is 5.56 Å². The molecule has 0 saturated carbocycles. The van der Waals surface area contributed by atoms with Gasteiger partial charge in [-0.15, -0.1) is 0 Å². The van der Waals surface area contributed by atoms with Crippen LogP contribution in [0.15, 0.2) is 18.2 Å². The van der Waals surface area contributed by atoms with Crippen molar-refractivity contribution in [3.8, 4) is 6.07 Å². The molecule has 2 N–H and O–H groups in total. The molecule has 0 aromatic heterocycles. The fourth-order valence-corrected chi connectivity index (χ4v) is 2.27. The Hall–Kier alpha value is -1.09. The number of nitrogens with zero attached hydrogens (tertiary/aromatic N) is 1. The fraction of sp³-hybridized carbons (Fsp3) is 0.462. The first-order valence-electron chi connectivity index (χ1n) is 5.68. The number of nitriles is 1. The second-order valence-corrected chi connectivity index (χ2v) is 5.13. The van der Waals surface area contributed by atoms with Gasteiger partial charge in [0.25, 0.3) is 0 Å². The monoisotopic (exact) mass is 268 g/mol. The zero-order chi connectivity index (χ0) is 13.5. The van der Waals surface area contributed by atoms with Gasteiger partial charge in [0.2, 0.25) is 0 Å². The largest absolute Gasteiger partial charge is 0.395 e. The van der Waals surface area contributed by atoms with Gasteiger partial charge in [0.15, 0.2) is 0 Å². The number of aliphatic hydroxyl groups excluding tert-OH is 1. The lowest BCUT2D eigenvalue weighted by atomic mass is 10.1. The highest BCUT2D eigenvalue weighted by Crippen LogP contribution is 2.12. The number of hydrogen-bond donors (Lipinski definition) is 2. The van der Waals surface area contributed by atoms with Crippen LogP contribution in [0.4, 0.5) is 4.39 Å². The van der Waals surface area contributed by atoms with Gasteiger partial charge in [0.05, 0.1) is 12.2 Å². The lowest BCUT2D eigenvalue weighted by molar-refractivity contribution is 0.276. The molecular formula is C13H17FN2OS. The molecule has 98 valence electrons. The van der Waals surface area contributed by atoms with Crippen molar-refractivity contribution in [1.29, 1.82) is 5.26 Å². The standard InChI is InChI=1S/C13H17FN2OS/c1-9(13(8-17)18-2)16-7-10-3-4-12(14)11(5-10)6-15/h3-5,9,13,16-17H,7-8H2,1-2H3. The summed E-state index contributed by atoms with van der Waals surface area (Å²) in [5, 5.41) is 21.3. The highest BCUT2D eigenvalue weighted by Gasteiger charge is 2.14. The molecule has 1 rings (SSSR count). The molecular weight excluding hydrogens is 251 g/mol. The molecule has 0 bridgehead atoms. The lowest BCUT2D eigenvalue weighted by Gasteiger charge is -2.21. The van der Waals surface area contributed by atoms with E-state index in [9.17, 15) is 4.39 Å². The summed E-state index contributed by atoms with van der Waals surface area (Å²) in [6.07, 6.45) is 1.95. The SMILES string of the molecule is CSC(CO)C(C)NCc1ccc(F)c(C#N)c1. The van der Waals surface area contributed by atoms with Crippen LogP contribution in [0.2, 0.25) is 0 Å². The van der Waals surface area contributed by atoms with Gasteiger partial charge in [-0.05, 0) is 30.9 Å². The van der Waals surface area contributed by atoms with Gasteiger partial charge in [0, 0.05) is 17.8 Å². The summed E-state index contributed by atoms with van der Waals surface area (Å²) in [5.41, 5.74) is 0.920. The number of benzene rings is 1. The van der Waals surface area contributed by atoms with E-state index >= 15 is 0 Å². The van der Waals surface area contributed by atoms with Crippen molar-refractivity contribution in [2.24, 2.45) is 0 Å². The van der Waals surface area contributed by atoms with Crippen LogP contribution in [0.5, 0.6) is 0 Å². The van der Waals surface area contributed by atoms with Gasteiger partial charge >= 0.3 is 0 Å². The summed E-state index contributed by atoms with van der Waals surface area (Å²) >= 11 is 1.60. The van der Waals surface area contributed by atoms with Crippen molar-refractivity contribution in [3.63, 3.8) is 0 Å². The third kappa shape index (κ3) is 3.98. The van der Waals surface area contributed by atoms with Crippen LogP contribution in [0, 0.1) is 17.1 Å². The van der Waals surface area contributed by atoms with E-state index < -0.39 is 5.82 Å². The topological polar surface area (TPSA) is 56.0 Å². The van der Waals surface area contributed by atoms with Gasteiger partial charge in [-0.2, -0.15) is 17.0 Å². The molecule has 0 saturated heterocycles. The Labute approximate surface area is 111 Å². The van der Waals surface area contributed by atoms with E-state index in [-0.39, 0.29) is 23.5 Å². The zero-order valence-corrected chi connectivity index (χ0v) is 11.3. The highest BCUT2D eigenvalue weighted by atomic mass is 32.2. The zero-order valence-electron chi connectivity index (χ0n) is 10.5. The number of rotatable bonds is 6. The van der Waals surface area contributed by atoms with Crippen molar-refractivity contribution in [2.75, 3.05) is 12.9 Å². The summed E-state index contributed by atoms with van der Waals surface area (Å²) < 4.78 is 13.1. The van der Waals surface area contributed by atoms with Crippen LogP contribution >= 0.6 is 11.8 Å². The third-order valence-corrected chi connectivity index (χ3v) is 3.98. The molecule has 0 amide bonds. The van der Waals surface area contributed by atoms with Crippen molar-refractivity contribution >= 4 is 11.8 Å². The van der Waals surface area contributed by atoms with Crippen molar-refractivity contribution < 1.29 is 9.50 Å². The van der Waals surface area contributed by atoms with Crippen LogP contribution in [0.1, 0.15) is 18.1 Å². The number of hydrogen-bond acceptors (Lipinski definition) is 4. The molecule has 1 aromatic carbocycles. The van der Waals surface area contributed by atoms with E-state index in [4.69, 9.17) is 10.4 Å². The molecule has 3 nitrogen and oxygen atoms in total. The maximum atomic E-state index is 13.1. The van der Waals surface area contributed by atoms with E-state index in [1.54, 1.807) is 23.9 Å². The summed E-state index contributed by atoms with van der Waals surface area (Å²) in [6, 6.07) is 6.46. The van der Waals surface area contributed by atoms with E-state index in [1.807, 2.05) is 19.2 Å². The molecule has 1 aromatic rings. The Balaban J connectivity index is 2.61. The number of nitrogens with one attached hydrogen (secondary N) is 1. The minimum atomic E-state index is -0.494. The van der Waals surface area contributed by atoms with Crippen LogP contribution in [-0.2, 0) is 6.54 Å². The van der Waals surface area contributed by atoms with Crippen LogP contribution < -0.4 is 5.32 Å². The molecule has 2 atom stereocenters. The molecule has 0 spiro atoms. The van der Waals surface area contributed by atoms with Gasteiger partial charge in [0.1, 0.15) is 11.9 Å². The molecule has 0 aliphatic rings. The van der Waals surface area contributed by atoms with E-state index in [1.165, 1.54) is 6.07 Å². The number of thioether (sulfide) groups is 1. The maximum Gasteiger partial charge on any atom is 0.140 e. The minimum absolute atomic E-state index is 0.0607. The van der Waals surface area contributed by atoms with Crippen molar-refractivity contribution in [3.05, 3.63) is 35.1 Å². The Morgan fingerprint density at radius 1 is 1.56 bits per heavy atom. The van der Waals surface area contributed by atoms with Gasteiger partial charge in [-0.3, -0.25) is 0 Å². The molecule has 2 unspecified atom stereocenters. The first-order valence-corrected chi connectivity index (χ1v) is 6.96. The average Bonchev–Trinajstić information content (AvgIpc) is 2.39. The van der Waals surface area contributed by atoms with E-state index in [0.29, 0.717) is 6.54 Å². The molecule has 0 aliphatic heterocycles. The van der Waals surface area contributed by atoms with Gasteiger partial charge in [-0.25, -0.2) is 4.39 Å². The normalized spacial score (nSPS) is 13.9. The summed E-state index contributed by atoms with van der Waals surface area (Å²) in [5.74, 6) is -0.494. The summed E-state index contributed by atoms with van der Waals surface area (Å²) in [7, 11) is 0. The first-order chi connectivity index (χ1) is 8.62. The molecule has 5 heteroatoms. The highest BCUT2D eigenvalue weighted by molar-refractivity contribution is 7.99. The molecule has 0 heterocycles. The van der Waals surface area contributed by atoms with E-state index in [2.05, 4.69) is 5.32 Å². The summed E-state index contributed by atoms with van der Waals surface area (Å²) in [4.78, 5) is 0. The Kier molecular flexibility index (Phi) is 6.13.